The average molecular weight is 425 g/mol. The van der Waals surface area contributed by atoms with Crippen molar-refractivity contribution in [3.05, 3.63) is 53.4 Å². The van der Waals surface area contributed by atoms with E-state index in [1.54, 1.807) is 0 Å². The third-order valence-corrected chi connectivity index (χ3v) is 6.80. The summed E-state index contributed by atoms with van der Waals surface area (Å²) in [6.07, 6.45) is 6.42. The number of likely N-dealkylation sites (tertiary alicyclic amines) is 1. The standard InChI is InChI=1S/C25H36N4O2/c1-28(18-20-8-4-2-5-9-20)25(30)15-21-10-11-26-17-22(21)14-23-16-24(31-27-23)19-29-12-6-3-7-13-29/h2,4-5,8-9,16,21-22,26H,3,6-7,10-15,17-19H2,1H3. The molecule has 2 unspecified atom stereocenters. The number of benzene rings is 1. The van der Waals surface area contributed by atoms with Crippen molar-refractivity contribution < 1.29 is 9.32 Å². The second-order valence-corrected chi connectivity index (χ2v) is 9.28. The van der Waals surface area contributed by atoms with E-state index in [0.29, 0.717) is 24.8 Å². The minimum absolute atomic E-state index is 0.228. The summed E-state index contributed by atoms with van der Waals surface area (Å²) in [7, 11) is 1.91. The molecular weight excluding hydrogens is 388 g/mol. The van der Waals surface area contributed by atoms with Gasteiger partial charge in [0.15, 0.2) is 5.76 Å². The van der Waals surface area contributed by atoms with Gasteiger partial charge in [0.2, 0.25) is 5.91 Å². The first-order valence-corrected chi connectivity index (χ1v) is 11.8. The fourth-order valence-corrected chi connectivity index (χ4v) is 4.94. The zero-order valence-corrected chi connectivity index (χ0v) is 18.8. The number of nitrogens with one attached hydrogen (secondary N) is 1. The normalized spacial score (nSPS) is 22.4. The highest BCUT2D eigenvalue weighted by atomic mass is 16.5. The van der Waals surface area contributed by atoms with Gasteiger partial charge in [0.05, 0.1) is 12.2 Å². The van der Waals surface area contributed by atoms with Crippen LogP contribution in [0.5, 0.6) is 0 Å². The molecule has 0 spiro atoms. The van der Waals surface area contributed by atoms with Gasteiger partial charge in [-0.05, 0) is 69.3 Å². The molecule has 168 valence electrons. The second kappa shape index (κ2) is 10.9. The third-order valence-electron chi connectivity index (χ3n) is 6.80. The predicted octanol–water partition coefficient (Wildman–Crippen LogP) is 3.48. The number of carbonyl (C=O) groups excluding carboxylic acids is 1. The summed E-state index contributed by atoms with van der Waals surface area (Å²) in [4.78, 5) is 17.2. The first-order valence-electron chi connectivity index (χ1n) is 11.8. The SMILES string of the molecule is CN(Cc1ccccc1)C(=O)CC1CCNCC1Cc1cc(CN2CCCCC2)on1. The molecule has 2 atom stereocenters. The highest BCUT2D eigenvalue weighted by Crippen LogP contribution is 2.27. The Kier molecular flexibility index (Phi) is 7.76. The van der Waals surface area contributed by atoms with Crippen molar-refractivity contribution in [1.29, 1.82) is 0 Å². The van der Waals surface area contributed by atoms with Gasteiger partial charge < -0.3 is 14.7 Å². The monoisotopic (exact) mass is 424 g/mol. The van der Waals surface area contributed by atoms with Crippen molar-refractivity contribution in [2.45, 2.75) is 51.6 Å². The van der Waals surface area contributed by atoms with Crippen LogP contribution in [-0.2, 0) is 24.3 Å². The van der Waals surface area contributed by atoms with E-state index in [1.807, 2.05) is 30.1 Å². The van der Waals surface area contributed by atoms with Crippen LogP contribution in [0.3, 0.4) is 0 Å². The van der Waals surface area contributed by atoms with Gasteiger partial charge in [-0.1, -0.05) is 41.9 Å². The molecule has 3 heterocycles. The smallest absolute Gasteiger partial charge is 0.222 e. The predicted molar refractivity (Wildman–Crippen MR) is 121 cm³/mol. The molecule has 2 aliphatic rings. The zero-order valence-electron chi connectivity index (χ0n) is 18.8. The largest absolute Gasteiger partial charge is 0.360 e. The lowest BCUT2D eigenvalue weighted by Crippen LogP contribution is -2.40. The number of nitrogens with zero attached hydrogens (tertiary/aromatic N) is 3. The van der Waals surface area contributed by atoms with Gasteiger partial charge in [-0.3, -0.25) is 9.69 Å². The van der Waals surface area contributed by atoms with Crippen LogP contribution in [0.4, 0.5) is 0 Å². The van der Waals surface area contributed by atoms with Gasteiger partial charge in [-0.25, -0.2) is 0 Å². The van der Waals surface area contributed by atoms with E-state index in [2.05, 4.69) is 33.6 Å². The number of aromatic nitrogens is 1. The number of hydrogen-bond donors (Lipinski definition) is 1. The molecule has 2 fully saturated rings. The summed E-state index contributed by atoms with van der Waals surface area (Å²) in [6.45, 7) is 5.76. The minimum Gasteiger partial charge on any atom is -0.360 e. The quantitative estimate of drug-likeness (QED) is 0.703. The molecule has 1 amide bonds. The fraction of sp³-hybridized carbons (Fsp3) is 0.600. The maximum atomic E-state index is 12.9. The Morgan fingerprint density at radius 1 is 1.19 bits per heavy atom. The molecule has 0 bridgehead atoms. The van der Waals surface area contributed by atoms with Crippen LogP contribution in [0.1, 0.15) is 49.1 Å². The van der Waals surface area contributed by atoms with Crippen LogP contribution >= 0.6 is 0 Å². The lowest BCUT2D eigenvalue weighted by molar-refractivity contribution is -0.132. The Morgan fingerprint density at radius 2 is 2.00 bits per heavy atom. The number of amides is 1. The van der Waals surface area contributed by atoms with Crippen molar-refractivity contribution in [3.63, 3.8) is 0 Å². The van der Waals surface area contributed by atoms with Crippen molar-refractivity contribution in [3.8, 4) is 0 Å². The average Bonchev–Trinajstić information content (AvgIpc) is 3.23. The van der Waals surface area contributed by atoms with Crippen LogP contribution in [0, 0.1) is 11.8 Å². The molecule has 1 aromatic carbocycles. The molecule has 2 aliphatic heterocycles. The Morgan fingerprint density at radius 3 is 2.81 bits per heavy atom. The summed E-state index contributed by atoms with van der Waals surface area (Å²) in [5.41, 5.74) is 2.19. The molecule has 0 radical (unpaired) electrons. The van der Waals surface area contributed by atoms with E-state index in [1.165, 1.54) is 24.8 Å². The molecule has 0 aliphatic carbocycles. The van der Waals surface area contributed by atoms with Crippen LogP contribution < -0.4 is 5.32 Å². The minimum atomic E-state index is 0.228. The first-order chi connectivity index (χ1) is 15.2. The summed E-state index contributed by atoms with van der Waals surface area (Å²) in [5.74, 6) is 1.99. The number of piperidine rings is 2. The van der Waals surface area contributed by atoms with Crippen molar-refractivity contribution in [1.82, 2.24) is 20.3 Å². The van der Waals surface area contributed by atoms with Crippen molar-refractivity contribution in [2.24, 2.45) is 11.8 Å². The maximum Gasteiger partial charge on any atom is 0.222 e. The molecule has 6 heteroatoms. The third kappa shape index (κ3) is 6.40. The topological polar surface area (TPSA) is 61.6 Å². The Hall–Kier alpha value is -2.18. The van der Waals surface area contributed by atoms with Crippen molar-refractivity contribution in [2.75, 3.05) is 33.2 Å². The molecule has 2 aromatic rings. The lowest BCUT2D eigenvalue weighted by atomic mass is 9.81. The van der Waals surface area contributed by atoms with Gasteiger partial charge in [0, 0.05) is 26.1 Å². The molecular formula is C25H36N4O2. The Balaban J connectivity index is 1.30. The van der Waals surface area contributed by atoms with E-state index in [9.17, 15) is 4.79 Å². The summed E-state index contributed by atoms with van der Waals surface area (Å²) < 4.78 is 5.64. The highest BCUT2D eigenvalue weighted by molar-refractivity contribution is 5.76. The number of rotatable bonds is 8. The van der Waals surface area contributed by atoms with E-state index in [-0.39, 0.29) is 5.91 Å². The van der Waals surface area contributed by atoms with Gasteiger partial charge in [0.25, 0.3) is 0 Å². The van der Waals surface area contributed by atoms with Crippen LogP contribution in [0.25, 0.3) is 0 Å². The molecule has 2 saturated heterocycles. The molecule has 0 saturated carbocycles. The van der Waals surface area contributed by atoms with Gasteiger partial charge in [-0.2, -0.15) is 0 Å². The number of carbonyl (C=O) groups is 1. The van der Waals surface area contributed by atoms with E-state index in [4.69, 9.17) is 4.52 Å². The Bertz CT molecular complexity index is 816. The summed E-state index contributed by atoms with van der Waals surface area (Å²) in [5, 5.41) is 7.86. The second-order valence-electron chi connectivity index (χ2n) is 9.28. The van der Waals surface area contributed by atoms with E-state index in [0.717, 1.165) is 57.0 Å². The fourth-order valence-electron chi connectivity index (χ4n) is 4.94. The van der Waals surface area contributed by atoms with Crippen LogP contribution in [-0.4, -0.2) is 54.1 Å². The van der Waals surface area contributed by atoms with Gasteiger partial charge >= 0.3 is 0 Å². The van der Waals surface area contributed by atoms with Gasteiger partial charge in [-0.15, -0.1) is 0 Å². The molecule has 1 aromatic heterocycles. The molecule has 6 nitrogen and oxygen atoms in total. The van der Waals surface area contributed by atoms with Crippen LogP contribution in [0.2, 0.25) is 0 Å². The van der Waals surface area contributed by atoms with E-state index >= 15 is 0 Å². The van der Waals surface area contributed by atoms with Crippen molar-refractivity contribution >= 4 is 5.91 Å². The molecule has 31 heavy (non-hydrogen) atoms. The summed E-state index contributed by atoms with van der Waals surface area (Å²) >= 11 is 0. The Labute approximate surface area is 186 Å². The first kappa shape index (κ1) is 22.0. The van der Waals surface area contributed by atoms with Crippen LogP contribution in [0.15, 0.2) is 40.9 Å². The number of hydrogen-bond acceptors (Lipinski definition) is 5. The van der Waals surface area contributed by atoms with E-state index < -0.39 is 0 Å². The highest BCUT2D eigenvalue weighted by Gasteiger charge is 2.29. The maximum absolute atomic E-state index is 12.9. The lowest BCUT2D eigenvalue weighted by Gasteiger charge is -2.32. The summed E-state index contributed by atoms with van der Waals surface area (Å²) in [6, 6.07) is 12.3. The van der Waals surface area contributed by atoms with Gasteiger partial charge in [0.1, 0.15) is 0 Å². The molecule has 4 rings (SSSR count). The zero-order chi connectivity index (χ0) is 21.5. The molecule has 1 N–H and O–H groups in total.